The van der Waals surface area contributed by atoms with Crippen LogP contribution in [0.25, 0.3) is 0 Å². The zero-order valence-electron chi connectivity index (χ0n) is 7.36. The summed E-state index contributed by atoms with van der Waals surface area (Å²) < 4.78 is 63.6. The number of alkyl halides is 5. The lowest BCUT2D eigenvalue weighted by Crippen LogP contribution is -2.41. The van der Waals surface area contributed by atoms with Crippen molar-refractivity contribution >= 4 is 11.6 Å². The minimum atomic E-state index is -5.84. The second kappa shape index (κ2) is 3.97. The SMILES string of the molecule is Oc1ccc(OC(F)(F)C(F)(F)F)c(Cl)c1. The van der Waals surface area contributed by atoms with Gasteiger partial charge in [0.15, 0.2) is 0 Å². The Kier molecular flexibility index (Phi) is 3.18. The zero-order chi connectivity index (χ0) is 12.6. The average Bonchev–Trinajstić information content (AvgIpc) is 2.08. The normalized spacial score (nSPS) is 12.6. The summed E-state index contributed by atoms with van der Waals surface area (Å²) in [5, 5.41) is 8.29. The lowest BCUT2D eigenvalue weighted by atomic mass is 10.3. The lowest BCUT2D eigenvalue weighted by molar-refractivity contribution is -0.360. The van der Waals surface area contributed by atoms with Gasteiger partial charge < -0.3 is 9.84 Å². The Morgan fingerprint density at radius 1 is 1.12 bits per heavy atom. The number of phenols is 1. The van der Waals surface area contributed by atoms with E-state index < -0.39 is 23.1 Å². The molecule has 0 saturated heterocycles. The van der Waals surface area contributed by atoms with Gasteiger partial charge in [-0.25, -0.2) is 0 Å². The number of benzene rings is 1. The Hall–Kier alpha value is -1.24. The van der Waals surface area contributed by atoms with Gasteiger partial charge in [-0.05, 0) is 12.1 Å². The van der Waals surface area contributed by atoms with Gasteiger partial charge in [0.25, 0.3) is 0 Å². The summed E-state index contributed by atoms with van der Waals surface area (Å²) in [5.74, 6) is -1.26. The van der Waals surface area contributed by atoms with Crippen molar-refractivity contribution in [2.24, 2.45) is 0 Å². The highest BCUT2D eigenvalue weighted by Gasteiger charge is 2.61. The van der Waals surface area contributed by atoms with E-state index in [1.54, 1.807) is 0 Å². The van der Waals surface area contributed by atoms with E-state index in [0.29, 0.717) is 6.07 Å². The van der Waals surface area contributed by atoms with E-state index in [2.05, 4.69) is 4.74 Å². The molecule has 0 spiro atoms. The van der Waals surface area contributed by atoms with Gasteiger partial charge in [-0.3, -0.25) is 0 Å². The molecule has 1 rings (SSSR count). The first kappa shape index (κ1) is 12.8. The molecule has 0 fully saturated rings. The first-order chi connectivity index (χ1) is 7.13. The van der Waals surface area contributed by atoms with Crippen molar-refractivity contribution in [2.75, 3.05) is 0 Å². The third kappa shape index (κ3) is 2.66. The molecule has 0 heterocycles. The highest BCUT2D eigenvalue weighted by atomic mass is 35.5. The monoisotopic (exact) mass is 262 g/mol. The van der Waals surface area contributed by atoms with Gasteiger partial charge in [0.1, 0.15) is 11.5 Å². The van der Waals surface area contributed by atoms with Crippen LogP contribution < -0.4 is 4.74 Å². The first-order valence-electron chi connectivity index (χ1n) is 3.75. The number of rotatable bonds is 2. The third-order valence-corrected chi connectivity index (χ3v) is 1.78. The van der Waals surface area contributed by atoms with Gasteiger partial charge in [-0.15, -0.1) is 0 Å². The maximum Gasteiger partial charge on any atom is 0.499 e. The van der Waals surface area contributed by atoms with Gasteiger partial charge >= 0.3 is 12.3 Å². The van der Waals surface area contributed by atoms with E-state index in [4.69, 9.17) is 16.7 Å². The number of phenolic OH excluding ortho intramolecular Hbond substituents is 1. The molecule has 1 N–H and O–H groups in total. The summed E-state index contributed by atoms with van der Waals surface area (Å²) in [6, 6.07) is 2.36. The second-order valence-corrected chi connectivity index (χ2v) is 3.14. The van der Waals surface area contributed by atoms with Gasteiger partial charge in [-0.1, -0.05) is 11.6 Å². The van der Waals surface area contributed by atoms with E-state index in [9.17, 15) is 22.0 Å². The molecule has 0 unspecified atom stereocenters. The minimum absolute atomic E-state index is 0.382. The topological polar surface area (TPSA) is 29.5 Å². The summed E-state index contributed by atoms with van der Waals surface area (Å²) in [6.45, 7) is 0. The van der Waals surface area contributed by atoms with Crippen molar-refractivity contribution in [3.63, 3.8) is 0 Å². The Morgan fingerprint density at radius 2 is 1.69 bits per heavy atom. The molecular weight excluding hydrogens is 259 g/mol. The number of hydrogen-bond donors (Lipinski definition) is 1. The van der Waals surface area contributed by atoms with Gasteiger partial charge in [0.05, 0.1) is 5.02 Å². The Bertz CT molecular complexity index is 391. The minimum Gasteiger partial charge on any atom is -0.508 e. The zero-order valence-corrected chi connectivity index (χ0v) is 8.11. The van der Waals surface area contributed by atoms with Crippen molar-refractivity contribution in [3.8, 4) is 11.5 Å². The van der Waals surface area contributed by atoms with Crippen LogP contribution in [0.15, 0.2) is 18.2 Å². The van der Waals surface area contributed by atoms with Crippen LogP contribution >= 0.6 is 11.6 Å². The number of hydrogen-bond acceptors (Lipinski definition) is 2. The smallest absolute Gasteiger partial charge is 0.499 e. The Labute approximate surface area is 91.2 Å². The molecule has 16 heavy (non-hydrogen) atoms. The molecule has 0 aliphatic rings. The molecule has 8 heteroatoms. The van der Waals surface area contributed by atoms with Gasteiger partial charge in [-0.2, -0.15) is 22.0 Å². The molecule has 0 radical (unpaired) electrons. The van der Waals surface area contributed by atoms with E-state index in [1.807, 2.05) is 0 Å². The molecule has 1 aromatic rings. The maximum absolute atomic E-state index is 12.4. The fraction of sp³-hybridized carbons (Fsp3) is 0.250. The molecule has 90 valence electrons. The van der Waals surface area contributed by atoms with Crippen LogP contribution in [0.3, 0.4) is 0 Å². The van der Waals surface area contributed by atoms with Crippen LogP contribution in [-0.4, -0.2) is 17.4 Å². The van der Waals surface area contributed by atoms with Crippen molar-refractivity contribution in [1.29, 1.82) is 0 Å². The van der Waals surface area contributed by atoms with Crippen LogP contribution in [0.4, 0.5) is 22.0 Å². The standard InChI is InChI=1S/C8H4ClF5O2/c9-5-3-4(15)1-2-6(5)16-8(13,14)7(10,11)12/h1-3,15H. The lowest BCUT2D eigenvalue weighted by Gasteiger charge is -2.20. The van der Waals surface area contributed by atoms with E-state index in [1.165, 1.54) is 0 Å². The predicted molar refractivity (Wildman–Crippen MR) is 44.7 cm³/mol. The van der Waals surface area contributed by atoms with Crippen LogP contribution in [0.5, 0.6) is 11.5 Å². The first-order valence-corrected chi connectivity index (χ1v) is 4.13. The molecule has 2 nitrogen and oxygen atoms in total. The Balaban J connectivity index is 2.97. The van der Waals surface area contributed by atoms with Gasteiger partial charge in [0, 0.05) is 6.07 Å². The summed E-state index contributed by atoms with van der Waals surface area (Å²) in [5.41, 5.74) is 0. The molecule has 0 aliphatic carbocycles. The van der Waals surface area contributed by atoms with Crippen LogP contribution in [-0.2, 0) is 0 Å². The largest absolute Gasteiger partial charge is 0.508 e. The fourth-order valence-electron chi connectivity index (χ4n) is 0.768. The third-order valence-electron chi connectivity index (χ3n) is 1.48. The van der Waals surface area contributed by atoms with E-state index in [0.717, 1.165) is 12.1 Å². The Morgan fingerprint density at radius 3 is 2.12 bits per heavy atom. The molecule has 0 aromatic heterocycles. The molecule has 0 atom stereocenters. The molecular formula is C8H4ClF5O2. The summed E-state index contributed by atoms with van der Waals surface area (Å²) in [6.07, 6.45) is -11.2. The van der Waals surface area contributed by atoms with Crippen LogP contribution in [0.2, 0.25) is 5.02 Å². The highest BCUT2D eigenvalue weighted by Crippen LogP contribution is 2.39. The summed E-state index contributed by atoms with van der Waals surface area (Å²) in [7, 11) is 0. The molecule has 0 bridgehead atoms. The van der Waals surface area contributed by atoms with Gasteiger partial charge in [0.2, 0.25) is 0 Å². The summed E-state index contributed by atoms with van der Waals surface area (Å²) >= 11 is 5.30. The van der Waals surface area contributed by atoms with E-state index in [-0.39, 0.29) is 5.75 Å². The second-order valence-electron chi connectivity index (χ2n) is 2.73. The molecule has 1 aromatic carbocycles. The van der Waals surface area contributed by atoms with Crippen molar-refractivity contribution in [3.05, 3.63) is 23.2 Å². The van der Waals surface area contributed by atoms with Crippen molar-refractivity contribution in [2.45, 2.75) is 12.3 Å². The van der Waals surface area contributed by atoms with Crippen LogP contribution in [0, 0.1) is 0 Å². The molecule has 0 amide bonds. The van der Waals surface area contributed by atoms with Crippen molar-refractivity contribution < 1.29 is 31.8 Å². The number of aromatic hydroxyl groups is 1. The quantitative estimate of drug-likeness (QED) is 0.826. The maximum atomic E-state index is 12.4. The number of ether oxygens (including phenoxy) is 1. The molecule has 0 saturated carbocycles. The summed E-state index contributed by atoms with van der Waals surface area (Å²) in [4.78, 5) is 0. The average molecular weight is 263 g/mol. The predicted octanol–water partition coefficient (Wildman–Crippen LogP) is 3.58. The van der Waals surface area contributed by atoms with Crippen LogP contribution in [0.1, 0.15) is 0 Å². The van der Waals surface area contributed by atoms with Crippen molar-refractivity contribution in [1.82, 2.24) is 0 Å². The number of halogens is 6. The fourth-order valence-corrected chi connectivity index (χ4v) is 0.982. The highest BCUT2D eigenvalue weighted by molar-refractivity contribution is 6.32. The van der Waals surface area contributed by atoms with E-state index >= 15 is 0 Å². The molecule has 0 aliphatic heterocycles.